The lowest BCUT2D eigenvalue weighted by Crippen LogP contribution is -2.61. The number of amides is 1. The Hall–Kier alpha value is -1.44. The third-order valence-corrected chi connectivity index (χ3v) is 6.77. The number of β-amino-alcohol motifs (C(OH)–C–C–N with tert-alkyl or cyclic N) is 1. The molecule has 2 aliphatic rings. The Morgan fingerprint density at radius 1 is 1.21 bits per heavy atom. The zero-order chi connectivity index (χ0) is 17.3. The van der Waals surface area contributed by atoms with Crippen LogP contribution in [-0.4, -0.2) is 79.1 Å². The van der Waals surface area contributed by atoms with Crippen LogP contribution in [-0.2, 0) is 16.3 Å². The maximum atomic E-state index is 13.1. The molecule has 0 aromatic heterocycles. The van der Waals surface area contributed by atoms with Crippen LogP contribution in [0, 0.1) is 0 Å². The maximum absolute atomic E-state index is 13.1. The topological polar surface area (TPSA) is 77.9 Å². The van der Waals surface area contributed by atoms with Crippen LogP contribution in [0.25, 0.3) is 0 Å². The minimum absolute atomic E-state index is 0.00409. The number of carbonyl (C=O) groups is 1. The molecule has 2 fully saturated rings. The van der Waals surface area contributed by atoms with Gasteiger partial charge in [-0.05, 0) is 18.1 Å². The highest BCUT2D eigenvalue weighted by molar-refractivity contribution is 7.91. The number of piperazine rings is 1. The molecule has 1 N–H and O–H groups in total. The summed E-state index contributed by atoms with van der Waals surface area (Å²) in [5, 5.41) is 9.22. The van der Waals surface area contributed by atoms with Gasteiger partial charge in [-0.25, -0.2) is 8.42 Å². The van der Waals surface area contributed by atoms with Crippen LogP contribution in [0.1, 0.15) is 22.8 Å². The van der Waals surface area contributed by atoms with Crippen molar-refractivity contribution in [2.75, 3.05) is 37.7 Å². The Morgan fingerprint density at radius 2 is 1.92 bits per heavy atom. The number of aryl methyl sites for hydroxylation is 1. The minimum Gasteiger partial charge on any atom is -0.395 e. The predicted octanol–water partition coefficient (Wildman–Crippen LogP) is 0.165. The van der Waals surface area contributed by atoms with Crippen LogP contribution in [0.2, 0.25) is 0 Å². The number of aliphatic hydroxyl groups excluding tert-OH is 1. The van der Waals surface area contributed by atoms with E-state index in [1.54, 1.807) is 4.90 Å². The molecule has 0 aliphatic carbocycles. The van der Waals surface area contributed by atoms with Crippen LogP contribution in [0.3, 0.4) is 0 Å². The van der Waals surface area contributed by atoms with Crippen LogP contribution in [0.15, 0.2) is 24.3 Å². The molecule has 0 bridgehead atoms. The van der Waals surface area contributed by atoms with Crippen LogP contribution >= 0.6 is 0 Å². The molecule has 1 amide bonds. The van der Waals surface area contributed by atoms with Crippen LogP contribution in [0.5, 0.6) is 0 Å². The van der Waals surface area contributed by atoms with E-state index in [4.69, 9.17) is 0 Å². The molecule has 1 aromatic carbocycles. The van der Waals surface area contributed by atoms with Gasteiger partial charge in [0.2, 0.25) is 0 Å². The summed E-state index contributed by atoms with van der Waals surface area (Å²) in [6.07, 6.45) is 0.763. The smallest absolute Gasteiger partial charge is 0.254 e. The number of sulfone groups is 1. The number of rotatable bonds is 4. The molecule has 7 heteroatoms. The third kappa shape index (κ3) is 3.20. The summed E-state index contributed by atoms with van der Waals surface area (Å²) in [6, 6.07) is 6.98. The van der Waals surface area contributed by atoms with Gasteiger partial charge in [-0.2, -0.15) is 0 Å². The second kappa shape index (κ2) is 6.82. The first-order valence-corrected chi connectivity index (χ1v) is 10.2. The molecule has 6 nitrogen and oxygen atoms in total. The number of fused-ring (bicyclic) bond motifs is 1. The fourth-order valence-electron chi connectivity index (χ4n) is 3.87. The normalized spacial score (nSPS) is 26.3. The molecule has 3 rings (SSSR count). The van der Waals surface area contributed by atoms with Gasteiger partial charge in [0.15, 0.2) is 9.84 Å². The van der Waals surface area contributed by atoms with Crippen molar-refractivity contribution < 1.29 is 18.3 Å². The Kier molecular flexibility index (Phi) is 4.94. The standard InChI is InChI=1S/C17H24N2O4S/c1-2-13-5-3-4-6-14(13)17(21)19-8-7-18(9-10-20)15-11-24(22,23)12-16(15)19/h3-6,15-16,20H,2,7-12H2,1H3/t15-,16+/m1/s1. The molecule has 0 saturated carbocycles. The quantitative estimate of drug-likeness (QED) is 0.836. The van der Waals surface area contributed by atoms with E-state index in [1.165, 1.54) is 0 Å². The van der Waals surface area contributed by atoms with Crippen molar-refractivity contribution in [3.63, 3.8) is 0 Å². The van der Waals surface area contributed by atoms with E-state index in [9.17, 15) is 18.3 Å². The fourth-order valence-corrected chi connectivity index (χ4v) is 5.89. The van der Waals surface area contributed by atoms with Crippen molar-refractivity contribution in [3.05, 3.63) is 35.4 Å². The van der Waals surface area contributed by atoms with Gasteiger partial charge in [0.1, 0.15) is 0 Å². The van der Waals surface area contributed by atoms with Gasteiger partial charge in [-0.3, -0.25) is 9.69 Å². The van der Waals surface area contributed by atoms with Gasteiger partial charge < -0.3 is 10.0 Å². The molecule has 2 heterocycles. The summed E-state index contributed by atoms with van der Waals surface area (Å²) in [5.74, 6) is -0.000512. The molecular formula is C17H24N2O4S. The number of benzene rings is 1. The SMILES string of the molecule is CCc1ccccc1C(=O)N1CCN(CCO)[C@@H]2CS(=O)(=O)C[C@@H]21. The second-order valence-electron chi connectivity index (χ2n) is 6.48. The molecule has 0 unspecified atom stereocenters. The van der Waals surface area contributed by atoms with Crippen molar-refractivity contribution >= 4 is 15.7 Å². The van der Waals surface area contributed by atoms with Crippen LogP contribution < -0.4 is 0 Å². The summed E-state index contributed by atoms with van der Waals surface area (Å²) in [7, 11) is -3.16. The van der Waals surface area contributed by atoms with Crippen LogP contribution in [0.4, 0.5) is 0 Å². The maximum Gasteiger partial charge on any atom is 0.254 e. The van der Waals surface area contributed by atoms with E-state index in [0.29, 0.717) is 25.2 Å². The van der Waals surface area contributed by atoms with Gasteiger partial charge in [0.25, 0.3) is 5.91 Å². The van der Waals surface area contributed by atoms with E-state index in [-0.39, 0.29) is 36.1 Å². The average molecular weight is 352 g/mol. The van der Waals surface area contributed by atoms with Crippen molar-refractivity contribution in [1.29, 1.82) is 0 Å². The van der Waals surface area contributed by atoms with E-state index in [0.717, 1.165) is 12.0 Å². The first kappa shape index (κ1) is 17.4. The number of hydrogen-bond donors (Lipinski definition) is 1. The zero-order valence-corrected chi connectivity index (χ0v) is 14.7. The Morgan fingerprint density at radius 3 is 2.62 bits per heavy atom. The summed E-state index contributed by atoms with van der Waals surface area (Å²) >= 11 is 0. The molecule has 2 aliphatic heterocycles. The molecule has 1 aromatic rings. The summed E-state index contributed by atoms with van der Waals surface area (Å²) in [4.78, 5) is 16.8. The van der Waals surface area contributed by atoms with Crippen molar-refractivity contribution in [2.45, 2.75) is 25.4 Å². The zero-order valence-electron chi connectivity index (χ0n) is 13.9. The van der Waals surface area contributed by atoms with E-state index in [1.807, 2.05) is 36.1 Å². The molecule has 0 radical (unpaired) electrons. The van der Waals surface area contributed by atoms with Gasteiger partial charge in [-0.1, -0.05) is 25.1 Å². The van der Waals surface area contributed by atoms with Crippen molar-refractivity contribution in [1.82, 2.24) is 9.80 Å². The molecule has 2 saturated heterocycles. The van der Waals surface area contributed by atoms with Crippen molar-refractivity contribution in [2.24, 2.45) is 0 Å². The second-order valence-corrected chi connectivity index (χ2v) is 8.63. The van der Waals surface area contributed by atoms with Gasteiger partial charge in [0.05, 0.1) is 24.2 Å². The lowest BCUT2D eigenvalue weighted by atomic mass is 10.00. The molecule has 0 spiro atoms. The van der Waals surface area contributed by atoms with Crippen molar-refractivity contribution in [3.8, 4) is 0 Å². The molecular weight excluding hydrogens is 328 g/mol. The highest BCUT2D eigenvalue weighted by Gasteiger charge is 2.48. The Bertz CT molecular complexity index is 719. The summed E-state index contributed by atoms with van der Waals surface area (Å²) in [6.45, 7) is 3.54. The lowest BCUT2D eigenvalue weighted by Gasteiger charge is -2.43. The highest BCUT2D eigenvalue weighted by atomic mass is 32.2. The average Bonchev–Trinajstić information content (AvgIpc) is 2.90. The number of aliphatic hydroxyl groups is 1. The molecule has 24 heavy (non-hydrogen) atoms. The molecule has 132 valence electrons. The van der Waals surface area contributed by atoms with E-state index >= 15 is 0 Å². The monoisotopic (exact) mass is 352 g/mol. The minimum atomic E-state index is -3.16. The summed E-state index contributed by atoms with van der Waals surface area (Å²) in [5.41, 5.74) is 1.65. The van der Waals surface area contributed by atoms with Gasteiger partial charge in [0, 0.05) is 31.2 Å². The number of carbonyl (C=O) groups excluding carboxylic acids is 1. The fraction of sp³-hybridized carbons (Fsp3) is 0.588. The summed E-state index contributed by atoms with van der Waals surface area (Å²) < 4.78 is 24.3. The Labute approximate surface area is 143 Å². The highest BCUT2D eigenvalue weighted by Crippen LogP contribution is 2.28. The lowest BCUT2D eigenvalue weighted by molar-refractivity contribution is 0.0280. The number of hydrogen-bond acceptors (Lipinski definition) is 5. The van der Waals surface area contributed by atoms with E-state index in [2.05, 4.69) is 0 Å². The van der Waals surface area contributed by atoms with Gasteiger partial charge >= 0.3 is 0 Å². The van der Waals surface area contributed by atoms with Gasteiger partial charge in [-0.15, -0.1) is 0 Å². The predicted molar refractivity (Wildman–Crippen MR) is 91.7 cm³/mol. The third-order valence-electron chi connectivity index (χ3n) is 5.07. The first-order chi connectivity index (χ1) is 11.5. The first-order valence-electron chi connectivity index (χ1n) is 8.41. The largest absolute Gasteiger partial charge is 0.395 e. The number of nitrogens with zero attached hydrogens (tertiary/aromatic N) is 2. The molecule has 2 atom stereocenters. The van der Waals surface area contributed by atoms with E-state index < -0.39 is 9.84 Å². The Balaban J connectivity index is 1.90.